The second kappa shape index (κ2) is 5.87. The Kier molecular flexibility index (Phi) is 4.71. The van der Waals surface area contributed by atoms with Crippen molar-refractivity contribution >= 4 is 11.5 Å². The Hall–Kier alpha value is -1.83. The van der Waals surface area contributed by atoms with Crippen LogP contribution in [0.4, 0.5) is 0 Å². The van der Waals surface area contributed by atoms with Crippen molar-refractivity contribution in [1.82, 2.24) is 5.32 Å². The molecule has 0 fully saturated rings. The molecule has 0 radical (unpaired) electrons. The molecule has 0 saturated heterocycles. The van der Waals surface area contributed by atoms with Crippen molar-refractivity contribution in [3.8, 4) is 0 Å². The van der Waals surface area contributed by atoms with Crippen molar-refractivity contribution < 1.29 is 4.79 Å². The predicted octanol–water partition coefficient (Wildman–Crippen LogP) is 4.11. The molecule has 19 heavy (non-hydrogen) atoms. The molecular weight excluding hydrogens is 234 g/mol. The standard InChI is InChI=1S/C17H23NO/c1-7-8-13(3)14-9-12(2)10-15(11-14)16(19)18-17(4,5)6/h7-11H,1H2,2-6H3,(H,18,19)/b13-8+. The van der Waals surface area contributed by atoms with E-state index in [1.165, 1.54) is 0 Å². The van der Waals surface area contributed by atoms with Crippen molar-refractivity contribution in [2.75, 3.05) is 0 Å². The molecule has 0 aliphatic carbocycles. The molecule has 0 aromatic heterocycles. The van der Waals surface area contributed by atoms with Crippen LogP contribution in [0.15, 0.2) is 36.9 Å². The molecule has 1 N–H and O–H groups in total. The number of rotatable bonds is 3. The largest absolute Gasteiger partial charge is 0.347 e. The Labute approximate surface area is 116 Å². The van der Waals surface area contributed by atoms with Crippen LogP contribution in [0.1, 0.15) is 49.2 Å². The summed E-state index contributed by atoms with van der Waals surface area (Å²) in [7, 11) is 0. The highest BCUT2D eigenvalue weighted by molar-refractivity contribution is 5.95. The van der Waals surface area contributed by atoms with Crippen molar-refractivity contribution in [3.63, 3.8) is 0 Å². The molecule has 102 valence electrons. The fourth-order valence-electron chi connectivity index (χ4n) is 1.83. The monoisotopic (exact) mass is 257 g/mol. The molecule has 0 spiro atoms. The van der Waals surface area contributed by atoms with Crippen LogP contribution in [0, 0.1) is 6.92 Å². The van der Waals surface area contributed by atoms with Crippen LogP contribution in [0.3, 0.4) is 0 Å². The van der Waals surface area contributed by atoms with Crippen LogP contribution < -0.4 is 5.32 Å². The van der Waals surface area contributed by atoms with Crippen LogP contribution in [-0.2, 0) is 0 Å². The number of nitrogens with one attached hydrogen (secondary N) is 1. The van der Waals surface area contributed by atoms with E-state index in [4.69, 9.17) is 0 Å². The molecule has 0 heterocycles. The third-order valence-electron chi connectivity index (χ3n) is 2.65. The van der Waals surface area contributed by atoms with Crippen molar-refractivity contribution in [3.05, 3.63) is 53.6 Å². The average molecular weight is 257 g/mol. The van der Waals surface area contributed by atoms with Crippen molar-refractivity contribution in [2.45, 2.75) is 40.2 Å². The van der Waals surface area contributed by atoms with E-state index in [-0.39, 0.29) is 11.4 Å². The zero-order valence-corrected chi connectivity index (χ0v) is 12.5. The Bertz CT molecular complexity index is 519. The van der Waals surface area contributed by atoms with E-state index >= 15 is 0 Å². The quantitative estimate of drug-likeness (QED) is 0.811. The molecule has 0 aliphatic heterocycles. The minimum atomic E-state index is -0.229. The Balaban J connectivity index is 3.13. The van der Waals surface area contributed by atoms with E-state index < -0.39 is 0 Å². The molecule has 0 unspecified atom stereocenters. The second-order valence-corrected chi connectivity index (χ2v) is 5.88. The summed E-state index contributed by atoms with van der Waals surface area (Å²) in [6.07, 6.45) is 3.70. The van der Waals surface area contributed by atoms with Crippen molar-refractivity contribution in [2.24, 2.45) is 0 Å². The summed E-state index contributed by atoms with van der Waals surface area (Å²) in [5, 5.41) is 2.98. The molecule has 1 aromatic rings. The van der Waals surface area contributed by atoms with Gasteiger partial charge in [0.05, 0.1) is 0 Å². The molecule has 0 bridgehead atoms. The van der Waals surface area contributed by atoms with Gasteiger partial charge in [0.2, 0.25) is 0 Å². The SMILES string of the molecule is C=C/C=C(\C)c1cc(C)cc(C(=O)NC(C)(C)C)c1. The first-order valence-corrected chi connectivity index (χ1v) is 6.47. The highest BCUT2D eigenvalue weighted by atomic mass is 16.1. The summed E-state index contributed by atoms with van der Waals surface area (Å²) in [6.45, 7) is 13.6. The van der Waals surface area contributed by atoms with Gasteiger partial charge in [-0.25, -0.2) is 0 Å². The second-order valence-electron chi connectivity index (χ2n) is 5.88. The minimum Gasteiger partial charge on any atom is -0.347 e. The lowest BCUT2D eigenvalue weighted by Crippen LogP contribution is -2.40. The van der Waals surface area contributed by atoms with Gasteiger partial charge in [0.25, 0.3) is 5.91 Å². The zero-order chi connectivity index (χ0) is 14.6. The van der Waals surface area contributed by atoms with Gasteiger partial charge in [0.15, 0.2) is 0 Å². The summed E-state index contributed by atoms with van der Waals surface area (Å²) in [5.41, 5.74) is 3.70. The van der Waals surface area contributed by atoms with E-state index in [1.54, 1.807) is 6.08 Å². The maximum atomic E-state index is 12.2. The van der Waals surface area contributed by atoms with E-state index in [0.717, 1.165) is 16.7 Å². The summed E-state index contributed by atoms with van der Waals surface area (Å²) in [4.78, 5) is 12.2. The van der Waals surface area contributed by atoms with Gasteiger partial charge >= 0.3 is 0 Å². The Morgan fingerprint density at radius 3 is 2.32 bits per heavy atom. The van der Waals surface area contributed by atoms with Crippen LogP contribution in [-0.4, -0.2) is 11.4 Å². The van der Waals surface area contributed by atoms with Gasteiger partial charge in [-0.3, -0.25) is 4.79 Å². The lowest BCUT2D eigenvalue weighted by Gasteiger charge is -2.21. The topological polar surface area (TPSA) is 29.1 Å². The highest BCUT2D eigenvalue weighted by Crippen LogP contribution is 2.18. The first-order valence-electron chi connectivity index (χ1n) is 6.47. The van der Waals surface area contributed by atoms with Crippen LogP contribution in [0.2, 0.25) is 0 Å². The fraction of sp³-hybridized carbons (Fsp3) is 0.353. The van der Waals surface area contributed by atoms with E-state index in [9.17, 15) is 4.79 Å². The molecule has 0 aliphatic rings. The smallest absolute Gasteiger partial charge is 0.251 e. The van der Waals surface area contributed by atoms with Crippen LogP contribution in [0.5, 0.6) is 0 Å². The maximum Gasteiger partial charge on any atom is 0.251 e. The Morgan fingerprint density at radius 2 is 1.79 bits per heavy atom. The summed E-state index contributed by atoms with van der Waals surface area (Å²) < 4.78 is 0. The lowest BCUT2D eigenvalue weighted by atomic mass is 9.99. The molecule has 1 rings (SSSR count). The summed E-state index contributed by atoms with van der Waals surface area (Å²) >= 11 is 0. The number of aryl methyl sites for hydroxylation is 1. The molecular formula is C17H23NO. The number of amides is 1. The van der Waals surface area contributed by atoms with Crippen LogP contribution in [0.25, 0.3) is 5.57 Å². The predicted molar refractivity (Wildman–Crippen MR) is 82.2 cm³/mol. The first-order chi connectivity index (χ1) is 8.73. The van der Waals surface area contributed by atoms with Crippen LogP contribution >= 0.6 is 0 Å². The Morgan fingerprint density at radius 1 is 1.21 bits per heavy atom. The fourth-order valence-corrected chi connectivity index (χ4v) is 1.83. The molecule has 2 nitrogen and oxygen atoms in total. The van der Waals surface area contributed by atoms with E-state index in [1.807, 2.05) is 52.8 Å². The number of hydrogen-bond acceptors (Lipinski definition) is 1. The third kappa shape index (κ3) is 4.74. The number of carbonyl (C=O) groups is 1. The van der Waals surface area contributed by atoms with E-state index in [0.29, 0.717) is 5.56 Å². The minimum absolute atomic E-state index is 0.0381. The van der Waals surface area contributed by atoms with Gasteiger partial charge in [-0.05, 0) is 63.5 Å². The van der Waals surface area contributed by atoms with Gasteiger partial charge in [0.1, 0.15) is 0 Å². The van der Waals surface area contributed by atoms with Gasteiger partial charge < -0.3 is 5.32 Å². The number of carbonyl (C=O) groups excluding carboxylic acids is 1. The van der Waals surface area contributed by atoms with Crippen molar-refractivity contribution in [1.29, 1.82) is 0 Å². The summed E-state index contributed by atoms with van der Waals surface area (Å²) in [6, 6.07) is 5.90. The number of allylic oxidation sites excluding steroid dienone is 3. The third-order valence-corrected chi connectivity index (χ3v) is 2.65. The van der Waals surface area contributed by atoms with Gasteiger partial charge in [-0.2, -0.15) is 0 Å². The zero-order valence-electron chi connectivity index (χ0n) is 12.5. The molecule has 0 atom stereocenters. The van der Waals surface area contributed by atoms with Gasteiger partial charge in [0, 0.05) is 11.1 Å². The number of benzene rings is 1. The molecule has 1 amide bonds. The normalized spacial score (nSPS) is 12.2. The molecule has 1 aromatic carbocycles. The maximum absolute atomic E-state index is 12.2. The lowest BCUT2D eigenvalue weighted by molar-refractivity contribution is 0.0919. The highest BCUT2D eigenvalue weighted by Gasteiger charge is 2.16. The molecule has 2 heteroatoms. The van der Waals surface area contributed by atoms with Gasteiger partial charge in [-0.1, -0.05) is 24.8 Å². The first kappa shape index (κ1) is 15.2. The van der Waals surface area contributed by atoms with E-state index in [2.05, 4.69) is 18.0 Å². The summed E-state index contributed by atoms with van der Waals surface area (Å²) in [5.74, 6) is -0.0381. The average Bonchev–Trinajstić information content (AvgIpc) is 2.26. The molecule has 0 saturated carbocycles. The number of hydrogen-bond donors (Lipinski definition) is 1. The van der Waals surface area contributed by atoms with Gasteiger partial charge in [-0.15, -0.1) is 0 Å².